The number of hydrogen-bond donors (Lipinski definition) is 1. The first-order chi connectivity index (χ1) is 15.2. The number of amides is 1. The predicted molar refractivity (Wildman–Crippen MR) is 125 cm³/mol. The normalized spacial score (nSPS) is 11.4. The number of nitrogens with one attached hydrogen (secondary N) is 1. The zero-order valence-corrected chi connectivity index (χ0v) is 19.3. The van der Waals surface area contributed by atoms with Crippen molar-refractivity contribution in [1.29, 1.82) is 0 Å². The summed E-state index contributed by atoms with van der Waals surface area (Å²) in [5.41, 5.74) is 2.36. The van der Waals surface area contributed by atoms with Gasteiger partial charge in [-0.2, -0.15) is 4.31 Å². The third kappa shape index (κ3) is 5.82. The van der Waals surface area contributed by atoms with E-state index in [0.717, 1.165) is 9.87 Å². The molecule has 0 saturated carbocycles. The van der Waals surface area contributed by atoms with Crippen LogP contribution in [0.5, 0.6) is 0 Å². The van der Waals surface area contributed by atoms with Gasteiger partial charge in [-0.15, -0.1) is 0 Å². The van der Waals surface area contributed by atoms with Gasteiger partial charge < -0.3 is 5.32 Å². The van der Waals surface area contributed by atoms with E-state index in [1.165, 1.54) is 19.1 Å². The van der Waals surface area contributed by atoms with Gasteiger partial charge >= 0.3 is 0 Å². The van der Waals surface area contributed by atoms with Gasteiger partial charge in [0, 0.05) is 22.8 Å². The molecule has 0 unspecified atom stereocenters. The number of ketones is 1. The molecule has 0 aliphatic heterocycles. The Morgan fingerprint density at radius 2 is 1.66 bits per heavy atom. The van der Waals surface area contributed by atoms with Crippen LogP contribution < -0.4 is 5.32 Å². The predicted octanol–water partition coefficient (Wildman–Crippen LogP) is 4.68. The van der Waals surface area contributed by atoms with Crippen molar-refractivity contribution in [2.45, 2.75) is 25.3 Å². The third-order valence-corrected chi connectivity index (χ3v) is 7.01. The van der Waals surface area contributed by atoms with Crippen molar-refractivity contribution >= 4 is 39.0 Å². The van der Waals surface area contributed by atoms with E-state index < -0.39 is 22.5 Å². The minimum absolute atomic E-state index is 0.0726. The average Bonchev–Trinajstić information content (AvgIpc) is 2.75. The highest BCUT2D eigenvalue weighted by Gasteiger charge is 2.27. The molecule has 0 spiro atoms. The lowest BCUT2D eigenvalue weighted by atomic mass is 10.1. The van der Waals surface area contributed by atoms with E-state index in [9.17, 15) is 18.0 Å². The number of carbonyl (C=O) groups is 2. The fourth-order valence-electron chi connectivity index (χ4n) is 3.08. The highest BCUT2D eigenvalue weighted by molar-refractivity contribution is 7.89. The zero-order chi connectivity index (χ0) is 23.3. The van der Waals surface area contributed by atoms with Crippen LogP contribution in [0.25, 0.3) is 0 Å². The maximum absolute atomic E-state index is 13.3. The van der Waals surface area contributed by atoms with Crippen LogP contribution in [0.4, 0.5) is 5.69 Å². The molecule has 6 nitrogen and oxygen atoms in total. The Kier molecular flexibility index (Phi) is 7.45. The molecule has 32 heavy (non-hydrogen) atoms. The van der Waals surface area contributed by atoms with Gasteiger partial charge in [0.2, 0.25) is 15.9 Å². The van der Waals surface area contributed by atoms with Crippen LogP contribution >= 0.6 is 11.6 Å². The third-order valence-electron chi connectivity index (χ3n) is 4.84. The van der Waals surface area contributed by atoms with Crippen molar-refractivity contribution in [1.82, 2.24) is 4.31 Å². The molecule has 0 aliphatic carbocycles. The van der Waals surface area contributed by atoms with Crippen molar-refractivity contribution in [2.75, 3.05) is 11.9 Å². The molecule has 0 heterocycles. The van der Waals surface area contributed by atoms with E-state index in [2.05, 4.69) is 5.32 Å². The Morgan fingerprint density at radius 3 is 2.31 bits per heavy atom. The van der Waals surface area contributed by atoms with E-state index >= 15 is 0 Å². The molecule has 1 amide bonds. The molecule has 8 heteroatoms. The summed E-state index contributed by atoms with van der Waals surface area (Å²) in [6.45, 7) is 2.80. The Labute approximate surface area is 192 Å². The first kappa shape index (κ1) is 23.7. The Bertz CT molecular complexity index is 1240. The fraction of sp³-hybridized carbons (Fsp3) is 0.167. The monoisotopic (exact) mass is 470 g/mol. The molecule has 0 aliphatic rings. The van der Waals surface area contributed by atoms with Crippen LogP contribution in [0, 0.1) is 6.92 Å². The van der Waals surface area contributed by atoms with E-state index in [-0.39, 0.29) is 17.2 Å². The molecule has 166 valence electrons. The molecule has 0 atom stereocenters. The van der Waals surface area contributed by atoms with Crippen LogP contribution in [0.1, 0.15) is 28.4 Å². The number of Topliss-reactive ketones (excluding diaryl/α,β-unsaturated/α-hetero) is 1. The summed E-state index contributed by atoms with van der Waals surface area (Å²) >= 11 is 6.24. The number of halogens is 1. The van der Waals surface area contributed by atoms with Gasteiger partial charge in [-0.1, -0.05) is 59.6 Å². The molecule has 0 radical (unpaired) electrons. The molecule has 0 bridgehead atoms. The first-order valence-corrected chi connectivity index (χ1v) is 11.7. The number of carbonyl (C=O) groups excluding carboxylic acids is 2. The van der Waals surface area contributed by atoms with Crippen molar-refractivity contribution in [3.05, 3.63) is 94.5 Å². The number of sulfonamides is 1. The largest absolute Gasteiger partial charge is 0.325 e. The molecular weight excluding hydrogens is 448 g/mol. The van der Waals surface area contributed by atoms with Crippen LogP contribution in [0.2, 0.25) is 5.02 Å². The highest BCUT2D eigenvalue weighted by atomic mass is 35.5. The van der Waals surface area contributed by atoms with Crippen molar-refractivity contribution in [3.63, 3.8) is 0 Å². The van der Waals surface area contributed by atoms with Crippen molar-refractivity contribution in [3.8, 4) is 0 Å². The van der Waals surface area contributed by atoms with E-state index in [0.29, 0.717) is 21.8 Å². The number of benzene rings is 3. The second kappa shape index (κ2) is 10.1. The Morgan fingerprint density at radius 1 is 0.969 bits per heavy atom. The molecule has 0 aromatic heterocycles. The number of hydrogen-bond acceptors (Lipinski definition) is 4. The second-order valence-corrected chi connectivity index (χ2v) is 9.71. The fourth-order valence-corrected chi connectivity index (χ4v) is 4.65. The quantitative estimate of drug-likeness (QED) is 0.484. The first-order valence-electron chi connectivity index (χ1n) is 9.88. The van der Waals surface area contributed by atoms with Gasteiger partial charge in [-0.3, -0.25) is 9.59 Å². The SMILES string of the molecule is CC(=O)c1cccc(NC(=O)CN(Cc2ccccc2Cl)S(=O)(=O)c2ccc(C)cc2)c1. The lowest BCUT2D eigenvalue weighted by molar-refractivity contribution is -0.116. The van der Waals surface area contributed by atoms with Gasteiger partial charge in [0.25, 0.3) is 0 Å². The van der Waals surface area contributed by atoms with Gasteiger partial charge in [-0.25, -0.2) is 8.42 Å². The number of anilines is 1. The minimum Gasteiger partial charge on any atom is -0.325 e. The van der Waals surface area contributed by atoms with Crippen LogP contribution in [0.15, 0.2) is 77.7 Å². The summed E-state index contributed by atoms with van der Waals surface area (Å²) in [6.07, 6.45) is 0. The molecule has 0 fully saturated rings. The highest BCUT2D eigenvalue weighted by Crippen LogP contribution is 2.23. The van der Waals surface area contributed by atoms with Gasteiger partial charge in [0.1, 0.15) is 0 Å². The summed E-state index contributed by atoms with van der Waals surface area (Å²) in [5.74, 6) is -0.670. The topological polar surface area (TPSA) is 83.6 Å². The van der Waals surface area contributed by atoms with Crippen LogP contribution in [0.3, 0.4) is 0 Å². The molecule has 1 N–H and O–H groups in total. The second-order valence-electron chi connectivity index (χ2n) is 7.36. The van der Waals surface area contributed by atoms with Crippen molar-refractivity contribution in [2.24, 2.45) is 0 Å². The van der Waals surface area contributed by atoms with Crippen molar-refractivity contribution < 1.29 is 18.0 Å². The maximum atomic E-state index is 13.3. The van der Waals surface area contributed by atoms with Crippen LogP contribution in [-0.2, 0) is 21.4 Å². The zero-order valence-electron chi connectivity index (χ0n) is 17.7. The standard InChI is InChI=1S/C24H23ClN2O4S/c1-17-10-12-22(13-11-17)32(30,31)27(15-20-6-3-4-9-23(20)25)16-24(29)26-21-8-5-7-19(14-21)18(2)28/h3-14H,15-16H2,1-2H3,(H,26,29). The number of aryl methyl sites for hydroxylation is 1. The molecule has 0 saturated heterocycles. The smallest absolute Gasteiger partial charge is 0.243 e. The summed E-state index contributed by atoms with van der Waals surface area (Å²) in [7, 11) is -3.98. The summed E-state index contributed by atoms with van der Waals surface area (Å²) in [6, 6.07) is 19.8. The molecule has 3 rings (SSSR count). The summed E-state index contributed by atoms with van der Waals surface area (Å²) < 4.78 is 27.8. The lowest BCUT2D eigenvalue weighted by Gasteiger charge is -2.22. The Hall–Kier alpha value is -3.00. The molecule has 3 aromatic rings. The van der Waals surface area contributed by atoms with Gasteiger partial charge in [0.05, 0.1) is 11.4 Å². The summed E-state index contributed by atoms with van der Waals surface area (Å²) in [4.78, 5) is 24.5. The van der Waals surface area contributed by atoms with Crippen LogP contribution in [-0.4, -0.2) is 31.0 Å². The molecule has 3 aromatic carbocycles. The number of nitrogens with zero attached hydrogens (tertiary/aromatic N) is 1. The van der Waals surface area contributed by atoms with Gasteiger partial charge in [-0.05, 0) is 49.7 Å². The maximum Gasteiger partial charge on any atom is 0.243 e. The van der Waals surface area contributed by atoms with E-state index in [1.54, 1.807) is 60.7 Å². The van der Waals surface area contributed by atoms with E-state index in [1.807, 2.05) is 6.92 Å². The summed E-state index contributed by atoms with van der Waals surface area (Å²) in [5, 5.41) is 3.08. The van der Waals surface area contributed by atoms with E-state index in [4.69, 9.17) is 11.6 Å². The minimum atomic E-state index is -3.98. The molecular formula is C24H23ClN2O4S. The lowest BCUT2D eigenvalue weighted by Crippen LogP contribution is -2.37. The average molecular weight is 471 g/mol. The van der Waals surface area contributed by atoms with Gasteiger partial charge in [0.15, 0.2) is 5.78 Å². The number of rotatable bonds is 8. The Balaban J connectivity index is 1.89.